The number of amides is 1. The molecular formula is C20H27N3O2S. The Morgan fingerprint density at radius 2 is 2.23 bits per heavy atom. The van der Waals surface area contributed by atoms with Gasteiger partial charge in [0.25, 0.3) is 0 Å². The minimum absolute atomic E-state index is 0.121. The number of aromatic nitrogens is 1. The van der Waals surface area contributed by atoms with Crippen molar-refractivity contribution in [2.45, 2.75) is 44.7 Å². The molecule has 1 atom stereocenters. The smallest absolute Gasteiger partial charge is 0.220 e. The Morgan fingerprint density at radius 1 is 1.38 bits per heavy atom. The second-order valence-corrected chi connectivity index (χ2v) is 7.89. The van der Waals surface area contributed by atoms with Crippen molar-refractivity contribution in [2.24, 2.45) is 0 Å². The Balaban J connectivity index is 1.49. The number of carbonyl (C=O) groups is 1. The third kappa shape index (κ3) is 4.83. The number of para-hydroxylation sites is 1. The number of benzene rings is 1. The molecule has 6 heteroatoms. The summed E-state index contributed by atoms with van der Waals surface area (Å²) in [5.41, 5.74) is 0.984. The maximum Gasteiger partial charge on any atom is 0.220 e. The van der Waals surface area contributed by atoms with E-state index in [2.05, 4.69) is 22.2 Å². The first-order chi connectivity index (χ1) is 12.7. The Labute approximate surface area is 159 Å². The van der Waals surface area contributed by atoms with E-state index in [9.17, 15) is 4.79 Å². The van der Waals surface area contributed by atoms with Crippen molar-refractivity contribution in [3.63, 3.8) is 0 Å². The van der Waals surface area contributed by atoms with Gasteiger partial charge in [0, 0.05) is 23.5 Å². The SMILES string of the molecule is COc1ccccc1-c1ncc(CNC(=O)CCC2CCCCN2C)s1. The summed E-state index contributed by atoms with van der Waals surface area (Å²) >= 11 is 1.59. The van der Waals surface area contributed by atoms with E-state index in [1.165, 1.54) is 19.3 Å². The fourth-order valence-corrected chi connectivity index (χ4v) is 4.30. The van der Waals surface area contributed by atoms with Crippen molar-refractivity contribution in [3.8, 4) is 16.3 Å². The molecule has 1 amide bonds. The zero-order valence-corrected chi connectivity index (χ0v) is 16.3. The maximum absolute atomic E-state index is 12.2. The fraction of sp³-hybridized carbons (Fsp3) is 0.500. The van der Waals surface area contributed by atoms with Crippen LogP contribution in [0.15, 0.2) is 30.5 Å². The van der Waals surface area contributed by atoms with Gasteiger partial charge in [-0.3, -0.25) is 4.79 Å². The predicted molar refractivity (Wildman–Crippen MR) is 105 cm³/mol. The van der Waals surface area contributed by atoms with E-state index in [4.69, 9.17) is 4.74 Å². The predicted octanol–water partition coefficient (Wildman–Crippen LogP) is 3.70. The fourth-order valence-electron chi connectivity index (χ4n) is 3.42. The molecule has 26 heavy (non-hydrogen) atoms. The van der Waals surface area contributed by atoms with Crippen molar-refractivity contribution in [1.82, 2.24) is 15.2 Å². The molecule has 1 N–H and O–H groups in total. The van der Waals surface area contributed by atoms with E-state index in [1.54, 1.807) is 18.4 Å². The third-order valence-electron chi connectivity index (χ3n) is 4.98. The topological polar surface area (TPSA) is 54.5 Å². The van der Waals surface area contributed by atoms with E-state index < -0.39 is 0 Å². The number of piperidine rings is 1. The van der Waals surface area contributed by atoms with E-state index >= 15 is 0 Å². The molecule has 1 unspecified atom stereocenters. The summed E-state index contributed by atoms with van der Waals surface area (Å²) in [6.45, 7) is 1.69. The van der Waals surface area contributed by atoms with Gasteiger partial charge in [-0.25, -0.2) is 4.98 Å². The molecule has 1 aliphatic heterocycles. The molecule has 2 heterocycles. The van der Waals surface area contributed by atoms with Crippen LogP contribution in [-0.2, 0) is 11.3 Å². The van der Waals surface area contributed by atoms with Gasteiger partial charge in [0.15, 0.2) is 0 Å². The zero-order chi connectivity index (χ0) is 18.4. The van der Waals surface area contributed by atoms with E-state index in [0.29, 0.717) is 19.0 Å². The van der Waals surface area contributed by atoms with Gasteiger partial charge in [-0.2, -0.15) is 0 Å². The van der Waals surface area contributed by atoms with Gasteiger partial charge in [-0.05, 0) is 45.0 Å². The number of ether oxygens (including phenoxy) is 1. The Bertz CT molecular complexity index is 731. The highest BCUT2D eigenvalue weighted by atomic mass is 32.1. The van der Waals surface area contributed by atoms with Crippen LogP contribution < -0.4 is 10.1 Å². The molecule has 5 nitrogen and oxygen atoms in total. The van der Waals surface area contributed by atoms with Crippen LogP contribution in [0, 0.1) is 0 Å². The number of hydrogen-bond donors (Lipinski definition) is 1. The first-order valence-corrected chi connectivity index (χ1v) is 10.0. The molecule has 0 spiro atoms. The van der Waals surface area contributed by atoms with Crippen LogP contribution in [0.3, 0.4) is 0 Å². The molecule has 1 fully saturated rings. The number of thiazole rings is 1. The summed E-state index contributed by atoms with van der Waals surface area (Å²) in [6.07, 6.45) is 7.13. The lowest BCUT2D eigenvalue weighted by Gasteiger charge is -2.32. The number of nitrogens with one attached hydrogen (secondary N) is 1. The summed E-state index contributed by atoms with van der Waals surface area (Å²) in [5, 5.41) is 3.94. The summed E-state index contributed by atoms with van der Waals surface area (Å²) in [6, 6.07) is 8.40. The number of hydrogen-bond acceptors (Lipinski definition) is 5. The highest BCUT2D eigenvalue weighted by molar-refractivity contribution is 7.15. The first-order valence-electron chi connectivity index (χ1n) is 9.22. The lowest BCUT2D eigenvalue weighted by atomic mass is 9.98. The molecule has 0 saturated carbocycles. The summed E-state index contributed by atoms with van der Waals surface area (Å²) < 4.78 is 5.40. The number of rotatable bonds is 7. The Hall–Kier alpha value is -1.92. The van der Waals surface area contributed by atoms with E-state index in [0.717, 1.165) is 34.2 Å². The number of methoxy groups -OCH3 is 1. The highest BCUT2D eigenvalue weighted by Crippen LogP contribution is 2.32. The number of likely N-dealkylation sites (tertiary alicyclic amines) is 1. The summed E-state index contributed by atoms with van der Waals surface area (Å²) in [5.74, 6) is 0.935. The van der Waals surface area contributed by atoms with Gasteiger partial charge in [0.05, 0.1) is 19.2 Å². The summed E-state index contributed by atoms with van der Waals surface area (Å²) in [4.78, 5) is 20.1. The van der Waals surface area contributed by atoms with Crippen LogP contribution in [0.5, 0.6) is 5.75 Å². The second kappa shape index (κ2) is 9.14. The molecule has 1 aromatic carbocycles. The van der Waals surface area contributed by atoms with Crippen LogP contribution in [0.25, 0.3) is 10.6 Å². The lowest BCUT2D eigenvalue weighted by Crippen LogP contribution is -2.37. The van der Waals surface area contributed by atoms with Gasteiger partial charge in [0.2, 0.25) is 5.91 Å². The Morgan fingerprint density at radius 3 is 3.04 bits per heavy atom. The van der Waals surface area contributed by atoms with E-state index in [-0.39, 0.29) is 5.91 Å². The average Bonchev–Trinajstić information content (AvgIpc) is 3.14. The molecule has 1 aliphatic rings. The molecule has 140 valence electrons. The van der Waals surface area contributed by atoms with Crippen LogP contribution >= 0.6 is 11.3 Å². The zero-order valence-electron chi connectivity index (χ0n) is 15.5. The molecule has 0 bridgehead atoms. The standard InChI is InChI=1S/C20H27N3O2S/c1-23-12-6-5-7-15(23)10-11-19(24)21-13-16-14-22-20(26-16)17-8-3-4-9-18(17)25-2/h3-4,8-9,14-15H,5-7,10-13H2,1-2H3,(H,21,24). The monoisotopic (exact) mass is 373 g/mol. The van der Waals surface area contributed by atoms with E-state index in [1.807, 2.05) is 30.5 Å². The van der Waals surface area contributed by atoms with Gasteiger partial charge < -0.3 is 15.0 Å². The molecule has 1 saturated heterocycles. The normalized spacial score (nSPS) is 17.8. The van der Waals surface area contributed by atoms with Crippen LogP contribution in [0.1, 0.15) is 37.0 Å². The lowest BCUT2D eigenvalue weighted by molar-refractivity contribution is -0.121. The van der Waals surface area contributed by atoms with Crippen LogP contribution in [0.2, 0.25) is 0 Å². The van der Waals surface area contributed by atoms with Crippen molar-refractivity contribution in [3.05, 3.63) is 35.3 Å². The molecule has 1 aromatic heterocycles. The van der Waals surface area contributed by atoms with Gasteiger partial charge in [-0.1, -0.05) is 18.6 Å². The molecule has 0 radical (unpaired) electrons. The molecular weight excluding hydrogens is 346 g/mol. The minimum Gasteiger partial charge on any atom is -0.496 e. The summed E-state index contributed by atoms with van der Waals surface area (Å²) in [7, 11) is 3.83. The largest absolute Gasteiger partial charge is 0.496 e. The van der Waals surface area contributed by atoms with Crippen molar-refractivity contribution < 1.29 is 9.53 Å². The Kier molecular flexibility index (Phi) is 6.63. The number of nitrogens with zero attached hydrogens (tertiary/aromatic N) is 2. The van der Waals surface area contributed by atoms with Crippen LogP contribution in [0.4, 0.5) is 0 Å². The van der Waals surface area contributed by atoms with Crippen molar-refractivity contribution in [2.75, 3.05) is 20.7 Å². The van der Waals surface area contributed by atoms with Crippen molar-refractivity contribution >= 4 is 17.2 Å². The molecule has 0 aliphatic carbocycles. The average molecular weight is 374 g/mol. The van der Waals surface area contributed by atoms with Crippen LogP contribution in [-0.4, -0.2) is 42.5 Å². The minimum atomic E-state index is 0.121. The van der Waals surface area contributed by atoms with Gasteiger partial charge >= 0.3 is 0 Å². The molecule has 3 rings (SSSR count). The highest BCUT2D eigenvalue weighted by Gasteiger charge is 2.19. The first kappa shape index (κ1) is 18.9. The third-order valence-corrected chi connectivity index (χ3v) is 6.01. The quantitative estimate of drug-likeness (QED) is 0.804. The number of carbonyl (C=O) groups excluding carboxylic acids is 1. The van der Waals surface area contributed by atoms with Gasteiger partial charge in [0.1, 0.15) is 10.8 Å². The second-order valence-electron chi connectivity index (χ2n) is 6.78. The van der Waals surface area contributed by atoms with Gasteiger partial charge in [-0.15, -0.1) is 11.3 Å². The maximum atomic E-state index is 12.2. The van der Waals surface area contributed by atoms with Crippen molar-refractivity contribution in [1.29, 1.82) is 0 Å². The molecule has 2 aromatic rings.